The minimum absolute atomic E-state index is 0.331. The van der Waals surface area contributed by atoms with E-state index in [1.165, 1.54) is 16.7 Å². The summed E-state index contributed by atoms with van der Waals surface area (Å²) in [5.74, 6) is 0.411. The van der Waals surface area contributed by atoms with E-state index in [2.05, 4.69) is 70.5 Å². The van der Waals surface area contributed by atoms with Gasteiger partial charge in [0, 0.05) is 15.1 Å². The zero-order valence-corrected chi connectivity index (χ0v) is 18.4. The fourth-order valence-corrected chi connectivity index (χ4v) is 4.03. The molecule has 3 rings (SSSR count). The molecule has 148 valence electrons. The second kappa shape index (κ2) is 10.3. The second-order valence-corrected chi connectivity index (χ2v) is 8.39. The van der Waals surface area contributed by atoms with Crippen LogP contribution in [0.25, 0.3) is 5.57 Å². The van der Waals surface area contributed by atoms with Gasteiger partial charge in [-0.15, -0.1) is 11.8 Å². The van der Waals surface area contributed by atoms with Crippen molar-refractivity contribution in [1.82, 2.24) is 0 Å². The van der Waals surface area contributed by atoms with Gasteiger partial charge in [-0.05, 0) is 59.5 Å². The molecule has 3 aromatic carbocycles. The monoisotopic (exact) mass is 468 g/mol. The molecule has 0 saturated heterocycles. The fourth-order valence-electron chi connectivity index (χ4n) is 2.88. The van der Waals surface area contributed by atoms with E-state index in [9.17, 15) is 4.79 Å². The molecule has 1 N–H and O–H groups in total. The van der Waals surface area contributed by atoms with E-state index >= 15 is 0 Å². The molecule has 3 nitrogen and oxygen atoms in total. The van der Waals surface area contributed by atoms with E-state index < -0.39 is 5.97 Å². The van der Waals surface area contributed by atoms with Crippen molar-refractivity contribution < 1.29 is 14.6 Å². The van der Waals surface area contributed by atoms with Gasteiger partial charge in [-0.25, -0.2) is 4.79 Å². The van der Waals surface area contributed by atoms with E-state index in [4.69, 9.17) is 9.84 Å². The van der Waals surface area contributed by atoms with Gasteiger partial charge in [0.15, 0.2) is 6.61 Å². The summed E-state index contributed by atoms with van der Waals surface area (Å²) in [5, 5.41) is 8.73. The van der Waals surface area contributed by atoms with Crippen LogP contribution in [0.5, 0.6) is 5.75 Å². The molecule has 3 aromatic rings. The number of hydrogen-bond acceptors (Lipinski definition) is 3. The average molecular weight is 469 g/mol. The third kappa shape index (κ3) is 6.24. The van der Waals surface area contributed by atoms with Gasteiger partial charge < -0.3 is 9.84 Å². The number of hydrogen-bond donors (Lipinski definition) is 1. The SMILES string of the molecule is Cc1cc(OCC(=O)O)ccc1SC/C=C(/c1ccccc1)c1ccc(Br)cc1. The third-order valence-corrected chi connectivity index (χ3v) is 5.91. The van der Waals surface area contributed by atoms with Crippen LogP contribution in [0.1, 0.15) is 16.7 Å². The summed E-state index contributed by atoms with van der Waals surface area (Å²) in [6, 6.07) is 24.4. The lowest BCUT2D eigenvalue weighted by Crippen LogP contribution is -2.09. The number of aliphatic carboxylic acids is 1. The first-order valence-corrected chi connectivity index (χ1v) is 10.9. The maximum absolute atomic E-state index is 10.6. The molecule has 0 spiro atoms. The van der Waals surface area contributed by atoms with Crippen LogP contribution in [0, 0.1) is 6.92 Å². The number of benzene rings is 3. The molecule has 0 unspecified atom stereocenters. The van der Waals surface area contributed by atoms with E-state index in [-0.39, 0.29) is 6.61 Å². The summed E-state index contributed by atoms with van der Waals surface area (Å²) in [6.07, 6.45) is 2.25. The first kappa shape index (κ1) is 21.2. The number of carboxylic acid groups (broad SMARTS) is 1. The number of ether oxygens (including phenoxy) is 1. The van der Waals surface area contributed by atoms with Crippen LogP contribution in [0.3, 0.4) is 0 Å². The van der Waals surface area contributed by atoms with Gasteiger partial charge in [-0.3, -0.25) is 0 Å². The van der Waals surface area contributed by atoms with Crippen LogP contribution in [-0.4, -0.2) is 23.4 Å². The maximum atomic E-state index is 10.6. The lowest BCUT2D eigenvalue weighted by atomic mass is 9.98. The first-order chi connectivity index (χ1) is 14.0. The number of rotatable bonds is 8. The average Bonchev–Trinajstić information content (AvgIpc) is 2.72. The Morgan fingerprint density at radius 3 is 2.38 bits per heavy atom. The topological polar surface area (TPSA) is 46.5 Å². The highest BCUT2D eigenvalue weighted by Gasteiger charge is 2.07. The summed E-state index contributed by atoms with van der Waals surface area (Å²) in [4.78, 5) is 11.8. The number of carbonyl (C=O) groups is 1. The van der Waals surface area contributed by atoms with Crippen LogP contribution in [-0.2, 0) is 4.79 Å². The van der Waals surface area contributed by atoms with Crippen molar-refractivity contribution in [2.75, 3.05) is 12.4 Å². The summed E-state index contributed by atoms with van der Waals surface area (Å²) >= 11 is 5.24. The Hall–Kier alpha value is -2.50. The Bertz CT molecular complexity index is 998. The molecule has 0 fully saturated rings. The molecule has 0 amide bonds. The highest BCUT2D eigenvalue weighted by molar-refractivity contribution is 9.10. The maximum Gasteiger partial charge on any atom is 0.341 e. The number of thioether (sulfide) groups is 1. The summed E-state index contributed by atoms with van der Waals surface area (Å²) in [6.45, 7) is 1.68. The van der Waals surface area contributed by atoms with Crippen LogP contribution in [0.15, 0.2) is 88.2 Å². The van der Waals surface area contributed by atoms with Crippen molar-refractivity contribution in [1.29, 1.82) is 0 Å². The zero-order valence-electron chi connectivity index (χ0n) is 16.0. The van der Waals surface area contributed by atoms with E-state index in [1.54, 1.807) is 11.8 Å². The minimum Gasteiger partial charge on any atom is -0.482 e. The molecule has 29 heavy (non-hydrogen) atoms. The normalized spacial score (nSPS) is 11.3. The Morgan fingerprint density at radius 2 is 1.72 bits per heavy atom. The van der Waals surface area contributed by atoms with Gasteiger partial charge in [0.25, 0.3) is 0 Å². The van der Waals surface area contributed by atoms with E-state index in [0.29, 0.717) is 5.75 Å². The molecule has 5 heteroatoms. The molecule has 0 saturated carbocycles. The fraction of sp³-hybridized carbons (Fsp3) is 0.125. The van der Waals surface area contributed by atoms with Crippen molar-refractivity contribution >= 4 is 39.2 Å². The van der Waals surface area contributed by atoms with Gasteiger partial charge in [0.2, 0.25) is 0 Å². The number of carboxylic acids is 1. The highest BCUT2D eigenvalue weighted by atomic mass is 79.9. The molecular formula is C24H21BrO3S. The largest absolute Gasteiger partial charge is 0.482 e. The lowest BCUT2D eigenvalue weighted by Gasteiger charge is -2.11. The lowest BCUT2D eigenvalue weighted by molar-refractivity contribution is -0.139. The molecular weight excluding hydrogens is 448 g/mol. The molecule has 0 aliphatic rings. The Kier molecular flexibility index (Phi) is 7.55. The van der Waals surface area contributed by atoms with Gasteiger partial charge in [-0.1, -0.05) is 64.5 Å². The zero-order chi connectivity index (χ0) is 20.6. The van der Waals surface area contributed by atoms with Crippen molar-refractivity contribution in [3.63, 3.8) is 0 Å². The first-order valence-electron chi connectivity index (χ1n) is 9.12. The molecule has 0 atom stereocenters. The van der Waals surface area contributed by atoms with Crippen molar-refractivity contribution in [2.45, 2.75) is 11.8 Å². The van der Waals surface area contributed by atoms with Gasteiger partial charge in [0.05, 0.1) is 0 Å². The van der Waals surface area contributed by atoms with Crippen LogP contribution in [0.4, 0.5) is 0 Å². The smallest absolute Gasteiger partial charge is 0.341 e. The number of aryl methyl sites for hydroxylation is 1. The van der Waals surface area contributed by atoms with Gasteiger partial charge >= 0.3 is 5.97 Å². The summed E-state index contributed by atoms with van der Waals surface area (Å²) in [5.41, 5.74) is 4.62. The van der Waals surface area contributed by atoms with Crippen molar-refractivity contribution in [3.8, 4) is 5.75 Å². The third-order valence-electron chi connectivity index (χ3n) is 4.28. The van der Waals surface area contributed by atoms with E-state index in [0.717, 1.165) is 20.7 Å². The van der Waals surface area contributed by atoms with Crippen LogP contribution in [0.2, 0.25) is 0 Å². The van der Waals surface area contributed by atoms with Gasteiger partial charge in [0.1, 0.15) is 5.75 Å². The molecule has 0 aliphatic heterocycles. The molecule has 0 bridgehead atoms. The van der Waals surface area contributed by atoms with Crippen LogP contribution < -0.4 is 4.74 Å². The Labute approximate surface area is 183 Å². The summed E-state index contributed by atoms with van der Waals surface area (Å²) in [7, 11) is 0. The quantitative estimate of drug-likeness (QED) is 0.386. The predicted octanol–water partition coefficient (Wildman–Crippen LogP) is 6.44. The molecule has 0 aromatic heterocycles. The summed E-state index contributed by atoms with van der Waals surface area (Å²) < 4.78 is 6.31. The van der Waals surface area contributed by atoms with Crippen molar-refractivity contribution in [2.24, 2.45) is 0 Å². The molecule has 0 heterocycles. The van der Waals surface area contributed by atoms with E-state index in [1.807, 2.05) is 31.2 Å². The standard InChI is InChI=1S/C24H21BrO3S/c1-17-15-21(28-16-24(26)27)11-12-23(17)29-14-13-22(18-5-3-2-4-6-18)19-7-9-20(25)10-8-19/h2-13,15H,14,16H2,1H3,(H,26,27)/b22-13-. The second-order valence-electron chi connectivity index (χ2n) is 6.41. The predicted molar refractivity (Wildman–Crippen MR) is 123 cm³/mol. The highest BCUT2D eigenvalue weighted by Crippen LogP contribution is 2.29. The molecule has 0 radical (unpaired) electrons. The molecule has 0 aliphatic carbocycles. The Balaban J connectivity index is 1.76. The number of halogens is 1. The van der Waals surface area contributed by atoms with Crippen molar-refractivity contribution in [3.05, 3.63) is 100 Å². The van der Waals surface area contributed by atoms with Gasteiger partial charge in [-0.2, -0.15) is 0 Å². The minimum atomic E-state index is -0.979. The Morgan fingerprint density at radius 1 is 1.03 bits per heavy atom. The van der Waals surface area contributed by atoms with Crippen LogP contribution >= 0.6 is 27.7 Å².